The van der Waals surface area contributed by atoms with Crippen molar-refractivity contribution >= 4 is 29.3 Å². The minimum Gasteiger partial charge on any atom is -0.457 e. The van der Waals surface area contributed by atoms with Gasteiger partial charge in [-0.25, -0.2) is 0 Å². The van der Waals surface area contributed by atoms with Gasteiger partial charge in [-0.2, -0.15) is 0 Å². The summed E-state index contributed by atoms with van der Waals surface area (Å²) in [5.41, 5.74) is 3.50. The second-order valence-corrected chi connectivity index (χ2v) is 8.58. The zero-order valence-electron chi connectivity index (χ0n) is 19.8. The Bertz CT molecular complexity index is 1340. The minimum absolute atomic E-state index is 0.0761. The van der Waals surface area contributed by atoms with Crippen molar-refractivity contribution in [3.05, 3.63) is 114 Å². The number of carbonyl (C=O) groups excluding carboxylic acids is 2. The fraction of sp³-hybridized carbons (Fsp3) is 0.133. The van der Waals surface area contributed by atoms with E-state index in [2.05, 4.69) is 10.2 Å². The third kappa shape index (κ3) is 5.55. The van der Waals surface area contributed by atoms with Crippen LogP contribution in [-0.4, -0.2) is 42.9 Å². The van der Waals surface area contributed by atoms with E-state index in [4.69, 9.17) is 4.42 Å². The number of amides is 2. The Hall–Kier alpha value is -4.58. The first-order valence-electron chi connectivity index (χ1n) is 12.0. The Morgan fingerprint density at radius 3 is 2.11 bits per heavy atom. The largest absolute Gasteiger partial charge is 0.457 e. The van der Waals surface area contributed by atoms with Gasteiger partial charge in [-0.3, -0.25) is 9.59 Å². The first-order valence-corrected chi connectivity index (χ1v) is 12.0. The minimum atomic E-state index is -0.228. The van der Waals surface area contributed by atoms with Crippen LogP contribution in [0.15, 0.2) is 108 Å². The van der Waals surface area contributed by atoms with Crippen LogP contribution in [0.2, 0.25) is 0 Å². The molecular weight excluding hydrogens is 450 g/mol. The summed E-state index contributed by atoms with van der Waals surface area (Å²) in [4.78, 5) is 29.2. The maximum atomic E-state index is 12.7. The Kier molecular flexibility index (Phi) is 6.94. The molecule has 36 heavy (non-hydrogen) atoms. The fourth-order valence-corrected chi connectivity index (χ4v) is 4.23. The summed E-state index contributed by atoms with van der Waals surface area (Å²) in [6.45, 7) is 2.88. The topological polar surface area (TPSA) is 65.8 Å². The van der Waals surface area contributed by atoms with Crippen LogP contribution >= 0.6 is 0 Å². The number of nitrogens with zero attached hydrogens (tertiary/aromatic N) is 2. The van der Waals surface area contributed by atoms with E-state index in [0.717, 1.165) is 41.4 Å². The molecule has 0 radical (unpaired) electrons. The average Bonchev–Trinajstić information content (AvgIpc) is 3.42. The lowest BCUT2D eigenvalue weighted by atomic mass is 10.1. The second kappa shape index (κ2) is 10.8. The molecule has 6 nitrogen and oxygen atoms in total. The standard InChI is InChI=1S/C30H27N3O3/c34-29(18-16-27-15-17-28(36-27)23-7-3-1-4-8-23)31-25-11-13-26(14-12-25)32-19-21-33(22-20-32)30(35)24-9-5-2-6-10-24/h1-18H,19-22H2,(H,31,34)/b18-16+. The quantitative estimate of drug-likeness (QED) is 0.369. The van der Waals surface area contributed by atoms with Gasteiger partial charge in [0.05, 0.1) is 0 Å². The molecule has 0 saturated carbocycles. The third-order valence-electron chi connectivity index (χ3n) is 6.17. The summed E-state index contributed by atoms with van der Waals surface area (Å²) < 4.78 is 5.80. The molecule has 180 valence electrons. The Balaban J connectivity index is 1.12. The summed E-state index contributed by atoms with van der Waals surface area (Å²) in [5, 5.41) is 2.88. The summed E-state index contributed by atoms with van der Waals surface area (Å²) in [7, 11) is 0. The van der Waals surface area contributed by atoms with Gasteiger partial charge in [0.15, 0.2) is 0 Å². The molecule has 0 spiro atoms. The number of hydrogen-bond acceptors (Lipinski definition) is 4. The summed E-state index contributed by atoms with van der Waals surface area (Å²) in [6, 6.07) is 30.7. The van der Waals surface area contributed by atoms with E-state index in [1.54, 1.807) is 6.08 Å². The zero-order valence-corrected chi connectivity index (χ0v) is 19.8. The molecular formula is C30H27N3O3. The molecule has 2 amide bonds. The van der Waals surface area contributed by atoms with Gasteiger partial charge in [-0.05, 0) is 54.6 Å². The van der Waals surface area contributed by atoms with Crippen LogP contribution in [0.4, 0.5) is 11.4 Å². The van der Waals surface area contributed by atoms with Crippen LogP contribution in [0, 0.1) is 0 Å². The highest BCUT2D eigenvalue weighted by Crippen LogP contribution is 2.23. The lowest BCUT2D eigenvalue weighted by molar-refractivity contribution is -0.111. The number of rotatable bonds is 6. The van der Waals surface area contributed by atoms with E-state index in [-0.39, 0.29) is 11.8 Å². The van der Waals surface area contributed by atoms with Gasteiger partial charge in [-0.15, -0.1) is 0 Å². The number of nitrogens with one attached hydrogen (secondary N) is 1. The van der Waals surface area contributed by atoms with E-state index in [9.17, 15) is 9.59 Å². The lowest BCUT2D eigenvalue weighted by Crippen LogP contribution is -2.48. The summed E-state index contributed by atoms with van der Waals surface area (Å²) in [6.07, 6.45) is 3.12. The van der Waals surface area contributed by atoms with E-state index in [1.165, 1.54) is 6.08 Å². The zero-order chi connectivity index (χ0) is 24.7. The number of hydrogen-bond donors (Lipinski definition) is 1. The van der Waals surface area contributed by atoms with Crippen LogP contribution < -0.4 is 10.2 Å². The van der Waals surface area contributed by atoms with Crippen LogP contribution in [0.5, 0.6) is 0 Å². The van der Waals surface area contributed by atoms with Gasteiger partial charge in [-0.1, -0.05) is 48.5 Å². The molecule has 3 aromatic carbocycles. The number of anilines is 2. The highest BCUT2D eigenvalue weighted by Gasteiger charge is 2.22. The van der Waals surface area contributed by atoms with Crippen molar-refractivity contribution in [1.29, 1.82) is 0 Å². The SMILES string of the molecule is O=C(/C=C/c1ccc(-c2ccccc2)o1)Nc1ccc(N2CCN(C(=O)c3ccccc3)CC2)cc1. The maximum absolute atomic E-state index is 12.7. The third-order valence-corrected chi connectivity index (χ3v) is 6.17. The normalized spacial score (nSPS) is 13.7. The Labute approximate surface area is 210 Å². The van der Waals surface area contributed by atoms with Crippen LogP contribution in [0.25, 0.3) is 17.4 Å². The molecule has 6 heteroatoms. The molecule has 1 aliphatic heterocycles. The van der Waals surface area contributed by atoms with E-state index in [1.807, 2.05) is 102 Å². The van der Waals surface area contributed by atoms with E-state index >= 15 is 0 Å². The predicted molar refractivity (Wildman–Crippen MR) is 143 cm³/mol. The highest BCUT2D eigenvalue weighted by molar-refractivity contribution is 6.01. The number of carbonyl (C=O) groups is 2. The molecule has 5 rings (SSSR count). The molecule has 1 fully saturated rings. The van der Waals surface area contributed by atoms with Gasteiger partial charge in [0.1, 0.15) is 11.5 Å². The summed E-state index contributed by atoms with van der Waals surface area (Å²) in [5.74, 6) is 1.22. The van der Waals surface area contributed by atoms with Crippen molar-refractivity contribution in [2.24, 2.45) is 0 Å². The smallest absolute Gasteiger partial charge is 0.253 e. The fourth-order valence-electron chi connectivity index (χ4n) is 4.23. The van der Waals surface area contributed by atoms with Crippen LogP contribution in [0.3, 0.4) is 0 Å². The van der Waals surface area contributed by atoms with Crippen molar-refractivity contribution in [2.75, 3.05) is 36.4 Å². The number of benzene rings is 3. The Morgan fingerprint density at radius 2 is 1.42 bits per heavy atom. The van der Waals surface area contributed by atoms with E-state index < -0.39 is 0 Å². The molecule has 0 bridgehead atoms. The molecule has 0 unspecified atom stereocenters. The van der Waals surface area contributed by atoms with Crippen molar-refractivity contribution in [2.45, 2.75) is 0 Å². The summed E-state index contributed by atoms with van der Waals surface area (Å²) >= 11 is 0. The first kappa shape index (κ1) is 23.2. The molecule has 4 aromatic rings. The monoisotopic (exact) mass is 477 g/mol. The van der Waals surface area contributed by atoms with Gasteiger partial charge in [0.2, 0.25) is 5.91 Å². The predicted octanol–water partition coefficient (Wildman–Crippen LogP) is 5.56. The van der Waals surface area contributed by atoms with Crippen LogP contribution in [0.1, 0.15) is 16.1 Å². The van der Waals surface area contributed by atoms with Gasteiger partial charge >= 0.3 is 0 Å². The molecule has 1 N–H and O–H groups in total. The Morgan fingerprint density at radius 1 is 0.750 bits per heavy atom. The number of piperazine rings is 1. The van der Waals surface area contributed by atoms with Crippen molar-refractivity contribution in [1.82, 2.24) is 4.90 Å². The van der Waals surface area contributed by atoms with Gasteiger partial charge < -0.3 is 19.5 Å². The second-order valence-electron chi connectivity index (χ2n) is 8.58. The molecule has 2 heterocycles. The molecule has 0 aliphatic carbocycles. The number of furan rings is 1. The van der Waals surface area contributed by atoms with Gasteiger partial charge in [0.25, 0.3) is 5.91 Å². The highest BCUT2D eigenvalue weighted by atomic mass is 16.3. The van der Waals surface area contributed by atoms with Crippen molar-refractivity contribution in [3.8, 4) is 11.3 Å². The molecule has 0 atom stereocenters. The molecule has 1 saturated heterocycles. The lowest BCUT2D eigenvalue weighted by Gasteiger charge is -2.36. The molecule has 1 aliphatic rings. The van der Waals surface area contributed by atoms with Crippen molar-refractivity contribution < 1.29 is 14.0 Å². The van der Waals surface area contributed by atoms with Crippen molar-refractivity contribution in [3.63, 3.8) is 0 Å². The average molecular weight is 478 g/mol. The van der Waals surface area contributed by atoms with E-state index in [0.29, 0.717) is 18.8 Å². The van der Waals surface area contributed by atoms with Crippen LogP contribution in [-0.2, 0) is 4.79 Å². The maximum Gasteiger partial charge on any atom is 0.253 e. The first-order chi connectivity index (χ1) is 17.7. The molecule has 1 aromatic heterocycles. The van der Waals surface area contributed by atoms with Gasteiger partial charge in [0, 0.05) is 54.8 Å².